The topological polar surface area (TPSA) is 78.1 Å². The lowest BCUT2D eigenvalue weighted by atomic mass is 10.1. The van der Waals surface area contributed by atoms with E-state index in [1.165, 1.54) is 6.20 Å². The molecule has 0 atom stereocenters. The largest absolute Gasteiger partial charge is 0.403 e. The molecule has 3 heteroatoms. The van der Waals surface area contributed by atoms with Gasteiger partial charge >= 0.3 is 0 Å². The van der Waals surface area contributed by atoms with Crippen LogP contribution >= 0.6 is 0 Å². The number of benzene rings is 1. The van der Waals surface area contributed by atoms with E-state index >= 15 is 0 Å². The summed E-state index contributed by atoms with van der Waals surface area (Å²) in [5.41, 5.74) is 18.5. The summed E-state index contributed by atoms with van der Waals surface area (Å²) >= 11 is 0. The molecule has 0 fully saturated rings. The minimum atomic E-state index is 0.460. The SMILES string of the molecule is N/C=C(N)\C=C(/N)c1ccccc1. The van der Waals surface area contributed by atoms with Crippen LogP contribution in [-0.4, -0.2) is 0 Å². The Morgan fingerprint density at radius 3 is 2.23 bits per heavy atom. The zero-order chi connectivity index (χ0) is 9.68. The molecule has 0 aliphatic rings. The van der Waals surface area contributed by atoms with E-state index in [2.05, 4.69) is 0 Å². The second-order valence-electron chi connectivity index (χ2n) is 2.63. The van der Waals surface area contributed by atoms with Crippen molar-refractivity contribution < 1.29 is 0 Å². The number of hydrogen-bond donors (Lipinski definition) is 3. The van der Waals surface area contributed by atoms with Crippen molar-refractivity contribution in [3.05, 3.63) is 53.9 Å². The van der Waals surface area contributed by atoms with Crippen molar-refractivity contribution in [1.82, 2.24) is 0 Å². The van der Waals surface area contributed by atoms with Gasteiger partial charge in [0.2, 0.25) is 0 Å². The Labute approximate surface area is 77.5 Å². The molecule has 0 aliphatic carbocycles. The van der Waals surface area contributed by atoms with Crippen molar-refractivity contribution in [3.8, 4) is 0 Å². The van der Waals surface area contributed by atoms with Crippen LogP contribution in [0.4, 0.5) is 0 Å². The van der Waals surface area contributed by atoms with E-state index in [1.807, 2.05) is 30.3 Å². The summed E-state index contributed by atoms with van der Waals surface area (Å²) in [5, 5.41) is 0. The van der Waals surface area contributed by atoms with Gasteiger partial charge in [0.15, 0.2) is 0 Å². The van der Waals surface area contributed by atoms with Crippen LogP contribution in [0, 0.1) is 0 Å². The molecule has 0 spiro atoms. The Kier molecular flexibility index (Phi) is 2.97. The second kappa shape index (κ2) is 4.21. The third kappa shape index (κ3) is 2.56. The van der Waals surface area contributed by atoms with Crippen molar-refractivity contribution in [2.45, 2.75) is 0 Å². The highest BCUT2D eigenvalue weighted by Crippen LogP contribution is 2.08. The first-order valence-electron chi connectivity index (χ1n) is 3.94. The number of allylic oxidation sites excluding steroid dienone is 1. The molecule has 1 aromatic rings. The van der Waals surface area contributed by atoms with E-state index in [0.717, 1.165) is 5.56 Å². The first kappa shape index (κ1) is 9.19. The van der Waals surface area contributed by atoms with Gasteiger partial charge in [-0.15, -0.1) is 0 Å². The summed E-state index contributed by atoms with van der Waals surface area (Å²) in [4.78, 5) is 0. The molecule has 0 saturated carbocycles. The zero-order valence-electron chi connectivity index (χ0n) is 7.27. The third-order valence-electron chi connectivity index (χ3n) is 1.62. The third-order valence-corrected chi connectivity index (χ3v) is 1.62. The molecular formula is C10H13N3. The van der Waals surface area contributed by atoms with Gasteiger partial charge in [-0.2, -0.15) is 0 Å². The van der Waals surface area contributed by atoms with Crippen LogP contribution in [0.25, 0.3) is 5.70 Å². The second-order valence-corrected chi connectivity index (χ2v) is 2.63. The molecule has 0 radical (unpaired) electrons. The predicted molar refractivity (Wildman–Crippen MR) is 55.1 cm³/mol. The first-order chi connectivity index (χ1) is 6.24. The van der Waals surface area contributed by atoms with E-state index in [9.17, 15) is 0 Å². The standard InChI is InChI=1S/C10H13N3/c11-7-9(12)6-10(13)8-4-2-1-3-5-8/h1-7H,11-13H2/b9-7+,10-6-. The van der Waals surface area contributed by atoms with Gasteiger partial charge in [0.1, 0.15) is 0 Å². The molecule has 0 heterocycles. The highest BCUT2D eigenvalue weighted by molar-refractivity contribution is 5.64. The van der Waals surface area contributed by atoms with Gasteiger partial charge in [-0.1, -0.05) is 30.3 Å². The summed E-state index contributed by atoms with van der Waals surface area (Å²) in [7, 11) is 0. The summed E-state index contributed by atoms with van der Waals surface area (Å²) in [5.74, 6) is 0. The molecule has 6 N–H and O–H groups in total. The summed E-state index contributed by atoms with van der Waals surface area (Å²) in [6, 6.07) is 9.58. The molecule has 13 heavy (non-hydrogen) atoms. The summed E-state index contributed by atoms with van der Waals surface area (Å²) in [6.45, 7) is 0. The Bertz CT molecular complexity index is 325. The molecule has 0 aliphatic heterocycles. The van der Waals surface area contributed by atoms with Gasteiger partial charge in [0.05, 0.1) is 0 Å². The van der Waals surface area contributed by atoms with Gasteiger partial charge < -0.3 is 17.2 Å². The van der Waals surface area contributed by atoms with Crippen molar-refractivity contribution in [1.29, 1.82) is 0 Å². The lowest BCUT2D eigenvalue weighted by molar-refractivity contribution is 1.35. The van der Waals surface area contributed by atoms with Gasteiger partial charge in [0.25, 0.3) is 0 Å². The van der Waals surface area contributed by atoms with Crippen LogP contribution in [0.5, 0.6) is 0 Å². The number of rotatable bonds is 2. The first-order valence-corrected chi connectivity index (χ1v) is 3.94. The average Bonchev–Trinajstić information content (AvgIpc) is 2.19. The molecule has 68 valence electrons. The molecule has 0 amide bonds. The number of hydrogen-bond acceptors (Lipinski definition) is 3. The fraction of sp³-hybridized carbons (Fsp3) is 0. The average molecular weight is 175 g/mol. The quantitative estimate of drug-likeness (QED) is 0.580. The van der Waals surface area contributed by atoms with E-state index in [1.54, 1.807) is 6.08 Å². The normalized spacial score (nSPS) is 12.9. The van der Waals surface area contributed by atoms with Crippen LogP contribution in [-0.2, 0) is 0 Å². The Morgan fingerprint density at radius 1 is 1.08 bits per heavy atom. The maximum absolute atomic E-state index is 5.76. The van der Waals surface area contributed by atoms with Crippen LogP contribution < -0.4 is 17.2 Å². The summed E-state index contributed by atoms with van der Waals surface area (Å²) < 4.78 is 0. The van der Waals surface area contributed by atoms with Gasteiger partial charge in [-0.25, -0.2) is 0 Å². The maximum Gasteiger partial charge on any atom is 0.0492 e. The smallest absolute Gasteiger partial charge is 0.0492 e. The molecule has 0 saturated heterocycles. The molecule has 1 aromatic carbocycles. The Hall–Kier alpha value is -1.90. The van der Waals surface area contributed by atoms with Gasteiger partial charge in [-0.05, 0) is 11.6 Å². The van der Waals surface area contributed by atoms with Crippen molar-refractivity contribution in [2.75, 3.05) is 0 Å². The summed E-state index contributed by atoms with van der Waals surface area (Å²) in [6.07, 6.45) is 2.95. The number of nitrogens with two attached hydrogens (primary N) is 3. The molecule has 0 unspecified atom stereocenters. The van der Waals surface area contributed by atoms with E-state index in [4.69, 9.17) is 17.2 Å². The van der Waals surface area contributed by atoms with E-state index < -0.39 is 0 Å². The Morgan fingerprint density at radius 2 is 1.69 bits per heavy atom. The van der Waals surface area contributed by atoms with Gasteiger partial charge in [-0.3, -0.25) is 0 Å². The molecular weight excluding hydrogens is 162 g/mol. The Balaban J connectivity index is 2.92. The van der Waals surface area contributed by atoms with Crippen LogP contribution in [0.3, 0.4) is 0 Å². The highest BCUT2D eigenvalue weighted by atomic mass is 14.6. The lowest BCUT2D eigenvalue weighted by Crippen LogP contribution is -2.02. The maximum atomic E-state index is 5.76. The van der Waals surface area contributed by atoms with Crippen molar-refractivity contribution in [2.24, 2.45) is 17.2 Å². The molecule has 1 rings (SSSR count). The van der Waals surface area contributed by atoms with E-state index in [-0.39, 0.29) is 0 Å². The fourth-order valence-electron chi connectivity index (χ4n) is 0.942. The van der Waals surface area contributed by atoms with Gasteiger partial charge in [0, 0.05) is 17.6 Å². The van der Waals surface area contributed by atoms with Crippen LogP contribution in [0.2, 0.25) is 0 Å². The van der Waals surface area contributed by atoms with E-state index in [0.29, 0.717) is 11.4 Å². The van der Waals surface area contributed by atoms with Crippen LogP contribution in [0.1, 0.15) is 5.56 Å². The molecule has 0 bridgehead atoms. The predicted octanol–water partition coefficient (Wildman–Crippen LogP) is 0.745. The zero-order valence-corrected chi connectivity index (χ0v) is 7.27. The minimum absolute atomic E-state index is 0.460. The molecule has 3 nitrogen and oxygen atoms in total. The van der Waals surface area contributed by atoms with Crippen molar-refractivity contribution >= 4 is 5.70 Å². The van der Waals surface area contributed by atoms with Crippen molar-refractivity contribution in [3.63, 3.8) is 0 Å². The highest BCUT2D eigenvalue weighted by Gasteiger charge is 1.93. The minimum Gasteiger partial charge on any atom is -0.403 e. The molecule has 0 aromatic heterocycles. The lowest BCUT2D eigenvalue weighted by Gasteiger charge is -2.00. The fourth-order valence-corrected chi connectivity index (χ4v) is 0.942. The monoisotopic (exact) mass is 175 g/mol. The van der Waals surface area contributed by atoms with Crippen LogP contribution in [0.15, 0.2) is 48.3 Å².